The molecule has 3 saturated heterocycles. The molecule has 104 heavy (non-hydrogen) atoms. The van der Waals surface area contributed by atoms with Crippen LogP contribution in [-0.2, 0) is 54.4 Å². The van der Waals surface area contributed by atoms with E-state index in [2.05, 4.69) is 11.1 Å². The van der Waals surface area contributed by atoms with E-state index >= 15 is 0 Å². The van der Waals surface area contributed by atoms with Gasteiger partial charge in [0.25, 0.3) is 17.7 Å². The predicted molar refractivity (Wildman–Crippen MR) is 409 cm³/mol. The summed E-state index contributed by atoms with van der Waals surface area (Å²) in [6.07, 6.45) is 7.87. The molecule has 5 N–H and O–H groups in total. The summed E-state index contributed by atoms with van der Waals surface area (Å²) in [7, 11) is 5.76. The van der Waals surface area contributed by atoms with Crippen LogP contribution >= 0.6 is 22.9 Å². The second-order valence-electron chi connectivity index (χ2n) is 26.5. The minimum Gasteiger partial charge on any atom is -0.481 e. The van der Waals surface area contributed by atoms with Crippen molar-refractivity contribution >= 4 is 85.8 Å². The Labute approximate surface area is 617 Å². The number of carbonyl (C=O) groups is 6. The standard InChI is InChI=1S/C30H33N3O3.C29H31N3O4.C25H25ClN2O3S/c1-20(32)25-8-3-6-21(16-25)18-27(30(35)36-2)28-10-5-15-33(28)29(34)24-13-11-23(12-14-24)26-9-4-7-22(17-26)19-31;1-19(30)23-7-4-6-20(16-23)17-25(29(34)36-3)26-8-5-15-32(26)28(33)22-11-9-21(10-12-22)24-13-14-27(35-2)31-18-24;1-15(27)17-6-3-5-16(11-17)12-20(25(30)31-2)21-7-4-10-28(21)24(29)23-13-18-8-9-19(26)14-22(18)32-23/h3-4,6-9,11-14,16-17,27-28,32H,5,10,15,18-19,31H2,1-2H3;4,6-7,9-14,16,18,25-26,30H,5,8,15,17H2,1-3H3;3,5-6,8-9,11,13-14,20-21,27H,4,7,10,12H2,1-2H3. The second-order valence-corrected chi connectivity index (χ2v) is 28.1. The lowest BCUT2D eigenvalue weighted by Crippen LogP contribution is -2.44. The zero-order chi connectivity index (χ0) is 74.1. The quantitative estimate of drug-likeness (QED) is 0.0281. The fourth-order valence-electron chi connectivity index (χ4n) is 14.3. The highest BCUT2D eigenvalue weighted by atomic mass is 35.5. The third kappa shape index (κ3) is 18.7. The number of thiophene rings is 1. The van der Waals surface area contributed by atoms with Gasteiger partial charge in [-0.05, 0) is 212 Å². The van der Waals surface area contributed by atoms with Crippen molar-refractivity contribution in [3.63, 3.8) is 0 Å². The summed E-state index contributed by atoms with van der Waals surface area (Å²) < 4.78 is 21.5. The molecule has 18 nitrogen and oxygen atoms in total. The van der Waals surface area contributed by atoms with Crippen molar-refractivity contribution in [3.8, 4) is 28.1 Å². The third-order valence-electron chi connectivity index (χ3n) is 19.8. The van der Waals surface area contributed by atoms with Crippen LogP contribution in [0.3, 0.4) is 0 Å². The normalized spacial score (nSPS) is 16.2. The summed E-state index contributed by atoms with van der Waals surface area (Å²) in [5.41, 5.74) is 18.7. The van der Waals surface area contributed by atoms with Crippen LogP contribution in [0.4, 0.5) is 0 Å². The van der Waals surface area contributed by atoms with Gasteiger partial charge in [-0.3, -0.25) is 28.8 Å². The van der Waals surface area contributed by atoms with E-state index < -0.39 is 17.8 Å². The number of nitrogens with one attached hydrogen (secondary N) is 3. The zero-order valence-electron chi connectivity index (χ0n) is 59.8. The Balaban J connectivity index is 0.000000168. The van der Waals surface area contributed by atoms with Crippen molar-refractivity contribution in [2.45, 2.75) is 103 Å². The van der Waals surface area contributed by atoms with Crippen molar-refractivity contribution in [2.24, 2.45) is 23.5 Å². The molecule has 12 rings (SSSR count). The summed E-state index contributed by atoms with van der Waals surface area (Å²) in [5.74, 6) is -2.02. The molecule has 3 fully saturated rings. The van der Waals surface area contributed by atoms with E-state index in [1.807, 2.05) is 185 Å². The first-order valence-electron chi connectivity index (χ1n) is 35.0. The predicted octanol–water partition coefficient (Wildman–Crippen LogP) is 15.2. The molecule has 5 heterocycles. The number of halogens is 1. The molecule has 6 atom stereocenters. The van der Waals surface area contributed by atoms with E-state index in [4.69, 9.17) is 52.5 Å². The minimum absolute atomic E-state index is 0.0530. The van der Waals surface area contributed by atoms with Crippen molar-refractivity contribution in [3.05, 3.63) is 248 Å². The first-order valence-corrected chi connectivity index (χ1v) is 36.2. The van der Waals surface area contributed by atoms with Crippen molar-refractivity contribution < 1.29 is 47.7 Å². The fraction of sp³-hybridized carbons (Fsp3) is 0.310. The van der Waals surface area contributed by atoms with Gasteiger partial charge in [0.15, 0.2) is 0 Å². The largest absolute Gasteiger partial charge is 0.481 e. The van der Waals surface area contributed by atoms with E-state index in [1.165, 1.54) is 32.7 Å². The number of ether oxygens (including phenoxy) is 4. The number of amides is 3. The monoisotopic (exact) mass is 1440 g/mol. The van der Waals surface area contributed by atoms with Gasteiger partial charge in [-0.1, -0.05) is 115 Å². The van der Waals surface area contributed by atoms with Gasteiger partial charge in [-0.2, -0.15) is 0 Å². The molecule has 3 amide bonds. The molecule has 0 aliphatic carbocycles. The first kappa shape index (κ1) is 76.2. The van der Waals surface area contributed by atoms with Gasteiger partial charge in [0.05, 0.1) is 51.1 Å². The summed E-state index contributed by atoms with van der Waals surface area (Å²) >= 11 is 7.53. The van der Waals surface area contributed by atoms with Crippen LogP contribution in [-0.4, -0.2) is 139 Å². The molecule has 20 heteroatoms. The maximum atomic E-state index is 13.5. The average molecular weight is 1440 g/mol. The Hall–Kier alpha value is -10.5. The van der Waals surface area contributed by atoms with Crippen LogP contribution < -0.4 is 10.5 Å². The molecule has 9 aromatic rings. The number of likely N-dealkylation sites (tertiary alicyclic amines) is 3. The van der Waals surface area contributed by atoms with Gasteiger partial charge < -0.3 is 55.6 Å². The van der Waals surface area contributed by atoms with Gasteiger partial charge in [0.2, 0.25) is 5.88 Å². The number of rotatable bonds is 22. The van der Waals surface area contributed by atoms with Crippen LogP contribution in [0.5, 0.6) is 5.88 Å². The first-order chi connectivity index (χ1) is 50.2. The number of esters is 3. The van der Waals surface area contributed by atoms with E-state index in [0.29, 0.717) is 89.5 Å². The molecule has 6 unspecified atom stereocenters. The maximum absolute atomic E-state index is 13.5. The van der Waals surface area contributed by atoms with Crippen LogP contribution in [0.1, 0.15) is 129 Å². The zero-order valence-corrected chi connectivity index (χ0v) is 61.4. The van der Waals surface area contributed by atoms with Crippen LogP contribution in [0.25, 0.3) is 32.3 Å². The van der Waals surface area contributed by atoms with Crippen LogP contribution in [0.2, 0.25) is 5.02 Å². The number of nitrogens with zero attached hydrogens (tertiary/aromatic N) is 4. The van der Waals surface area contributed by atoms with Gasteiger partial charge in [0, 0.05) is 100 Å². The smallest absolute Gasteiger partial charge is 0.311 e. The number of pyridine rings is 1. The van der Waals surface area contributed by atoms with Crippen molar-refractivity contribution in [1.29, 1.82) is 16.2 Å². The Morgan fingerprint density at radius 1 is 0.471 bits per heavy atom. The number of benzene rings is 7. The molecule has 0 radical (unpaired) electrons. The van der Waals surface area contributed by atoms with Gasteiger partial charge in [-0.25, -0.2) is 4.98 Å². The van der Waals surface area contributed by atoms with E-state index in [-0.39, 0.29) is 53.8 Å². The lowest BCUT2D eigenvalue weighted by molar-refractivity contribution is -0.148. The highest BCUT2D eigenvalue weighted by Crippen LogP contribution is 2.36. The molecule has 538 valence electrons. The summed E-state index contributed by atoms with van der Waals surface area (Å²) in [4.78, 5) is 89.4. The molecule has 3 aliphatic heterocycles. The number of fused-ring (bicyclic) bond motifs is 1. The Bertz CT molecular complexity index is 4600. The number of carbonyl (C=O) groups excluding carboxylic acids is 6. The molecule has 7 aromatic carbocycles. The summed E-state index contributed by atoms with van der Waals surface area (Å²) in [5, 5.41) is 25.4. The Morgan fingerprint density at radius 3 is 1.27 bits per heavy atom. The SMILES string of the molecule is COC(=O)C(Cc1cccc(C(C)=N)c1)C1CCCN1C(=O)c1cc2ccc(Cl)cc2s1.COC(=O)C(Cc1cccc(C(C)=N)c1)C1CCCN1C(=O)c1ccc(-c2ccc(OC)nc2)cc1.COC(=O)C(Cc1cccc(C(C)=N)c1)C1CCCN1C(=O)c1ccc(-c2cccc(CN)c2)cc1. The summed E-state index contributed by atoms with van der Waals surface area (Å²) in [6.45, 7) is 7.53. The number of methoxy groups -OCH3 is 4. The van der Waals surface area contributed by atoms with Crippen molar-refractivity contribution in [1.82, 2.24) is 19.7 Å². The maximum Gasteiger partial charge on any atom is 0.311 e. The Morgan fingerprint density at radius 2 is 0.875 bits per heavy atom. The molecule has 0 saturated carbocycles. The molecule has 3 aliphatic rings. The highest BCUT2D eigenvalue weighted by molar-refractivity contribution is 7.20. The molecule has 2 aromatic heterocycles. The fourth-order valence-corrected chi connectivity index (χ4v) is 15.6. The van der Waals surface area contributed by atoms with Crippen molar-refractivity contribution in [2.75, 3.05) is 48.1 Å². The van der Waals surface area contributed by atoms with E-state index in [0.717, 1.165) is 110 Å². The van der Waals surface area contributed by atoms with Crippen LogP contribution in [0.15, 0.2) is 188 Å². The van der Waals surface area contributed by atoms with Gasteiger partial charge >= 0.3 is 17.9 Å². The third-order valence-corrected chi connectivity index (χ3v) is 21.1. The molecular formula is C84H89ClN8O10S. The number of nitrogens with two attached hydrogens (primary N) is 1. The van der Waals surface area contributed by atoms with E-state index in [1.54, 1.807) is 40.1 Å². The lowest BCUT2D eigenvalue weighted by atomic mass is 9.89. The molecule has 0 bridgehead atoms. The number of aromatic nitrogens is 1. The van der Waals surface area contributed by atoms with Gasteiger partial charge in [0.1, 0.15) is 0 Å². The molecule has 0 spiro atoms. The van der Waals surface area contributed by atoms with E-state index in [9.17, 15) is 28.8 Å². The number of hydrogen-bond donors (Lipinski definition) is 4. The lowest BCUT2D eigenvalue weighted by Gasteiger charge is -2.30. The molecular weight excluding hydrogens is 1350 g/mol. The second kappa shape index (κ2) is 35.6. The average Bonchev–Trinajstić information content (AvgIpc) is 1.62. The van der Waals surface area contributed by atoms with Crippen LogP contribution in [0, 0.1) is 34.0 Å². The Kier molecular flexibility index (Phi) is 26.1. The minimum atomic E-state index is -0.479. The number of hydrogen-bond acceptors (Lipinski definition) is 16. The highest BCUT2D eigenvalue weighted by Gasteiger charge is 2.43. The topological polar surface area (TPSA) is 260 Å². The summed E-state index contributed by atoms with van der Waals surface area (Å²) in [6, 6.07) is 56.7. The van der Waals surface area contributed by atoms with Gasteiger partial charge in [-0.15, -0.1) is 11.3 Å².